The first-order valence-electron chi connectivity index (χ1n) is 3.76. The Balaban J connectivity index is 0. The number of nitrogens with zero attached hydrogens (tertiary/aromatic N) is 1. The Morgan fingerprint density at radius 2 is 1.45 bits per heavy atom. The summed E-state index contributed by atoms with van der Waals surface area (Å²) in [6.07, 6.45) is 0. The molecule has 0 fully saturated rings. The Labute approximate surface area is 72.2 Å². The van der Waals surface area contributed by atoms with E-state index in [2.05, 4.69) is 33.5 Å². The van der Waals surface area contributed by atoms with Gasteiger partial charge in [-0.15, -0.1) is 0 Å². The lowest BCUT2D eigenvalue weighted by molar-refractivity contribution is 0.701. The summed E-state index contributed by atoms with van der Waals surface area (Å²) >= 11 is 0. The first-order valence-corrected chi connectivity index (χ1v) is 7.26. The van der Waals surface area contributed by atoms with Crippen molar-refractivity contribution < 1.29 is 0 Å². The third kappa shape index (κ3) is 7.63. The quantitative estimate of drug-likeness (QED) is 0.589. The van der Waals surface area contributed by atoms with Crippen LogP contribution in [0, 0.1) is 11.2 Å². The van der Waals surface area contributed by atoms with Crippen LogP contribution in [0.25, 0.3) is 0 Å². The van der Waals surface area contributed by atoms with Crippen molar-refractivity contribution >= 4 is 15.9 Å². The minimum atomic E-state index is -1.08. The zero-order chi connectivity index (χ0) is 9.71. The van der Waals surface area contributed by atoms with Gasteiger partial charge in [0.05, 0.1) is 8.07 Å². The lowest BCUT2D eigenvalue weighted by atomic mass is 10.2. The molecule has 4 heteroatoms. The van der Waals surface area contributed by atoms with E-state index in [0.29, 0.717) is 0 Å². The van der Waals surface area contributed by atoms with E-state index in [1.165, 1.54) is 7.85 Å². The van der Waals surface area contributed by atoms with Crippen LogP contribution >= 0.6 is 0 Å². The fourth-order valence-corrected chi connectivity index (χ4v) is 0. The first-order chi connectivity index (χ1) is 4.66. The molecule has 0 aromatic carbocycles. The van der Waals surface area contributed by atoms with Crippen LogP contribution in [0.15, 0.2) is 0 Å². The van der Waals surface area contributed by atoms with E-state index in [1.54, 1.807) is 5.97 Å². The normalized spacial score (nSPS) is 11.0. The molecule has 0 unspecified atom stereocenters. The smallest absolute Gasteiger partial charge is 0.232 e. The van der Waals surface area contributed by atoms with Gasteiger partial charge in [-0.05, 0) is 5.97 Å². The van der Waals surface area contributed by atoms with Gasteiger partial charge >= 0.3 is 0 Å². The number of hydrogen-bond acceptors (Lipinski definition) is 2. The molecular formula is C7H19BN2Si. The molecule has 0 amide bonds. The maximum Gasteiger partial charge on any atom is 0.232 e. The predicted octanol–water partition coefficient (Wildman–Crippen LogP) is 0.702. The molecule has 2 nitrogen and oxygen atoms in total. The summed E-state index contributed by atoms with van der Waals surface area (Å²) in [5.41, 5.74) is 5.87. The van der Waals surface area contributed by atoms with E-state index in [4.69, 9.17) is 11.0 Å². The zero-order valence-electron chi connectivity index (χ0n) is 8.52. The second-order valence-electron chi connectivity index (χ2n) is 4.20. The molecular weight excluding hydrogens is 151 g/mol. The van der Waals surface area contributed by atoms with E-state index >= 15 is 0 Å². The van der Waals surface area contributed by atoms with E-state index in [1.807, 2.05) is 0 Å². The van der Waals surface area contributed by atoms with Crippen molar-refractivity contribution in [3.63, 3.8) is 0 Å². The molecule has 2 N–H and O–H groups in total. The van der Waals surface area contributed by atoms with Gasteiger partial charge < -0.3 is 5.73 Å². The second-order valence-corrected chi connectivity index (χ2v) is 9.98. The van der Waals surface area contributed by atoms with Gasteiger partial charge in [0.2, 0.25) is 7.85 Å². The molecule has 0 aliphatic heterocycles. The van der Waals surface area contributed by atoms with Crippen LogP contribution < -0.4 is 5.73 Å². The summed E-state index contributed by atoms with van der Waals surface area (Å²) in [4.78, 5) is 0. The highest BCUT2D eigenvalue weighted by Crippen LogP contribution is 2.15. The molecule has 0 atom stereocenters. The van der Waals surface area contributed by atoms with Crippen LogP contribution in [0.5, 0.6) is 0 Å². The number of hydrogen-bond donors (Lipinski definition) is 1. The molecule has 0 heterocycles. The van der Waals surface area contributed by atoms with Crippen LogP contribution in [0.2, 0.25) is 19.6 Å². The van der Waals surface area contributed by atoms with E-state index in [-0.39, 0.29) is 5.16 Å². The highest BCUT2D eigenvalue weighted by Gasteiger charge is 2.29. The molecule has 11 heavy (non-hydrogen) atoms. The Hall–Kier alpha value is -0.268. The zero-order valence-corrected chi connectivity index (χ0v) is 9.52. The van der Waals surface area contributed by atoms with Gasteiger partial charge in [-0.2, -0.15) is 0 Å². The topological polar surface area (TPSA) is 49.8 Å². The molecule has 0 aliphatic carbocycles. The molecule has 0 aromatic rings. The summed E-state index contributed by atoms with van der Waals surface area (Å²) in [6, 6.07) is 0. The number of rotatable bonds is 1. The van der Waals surface area contributed by atoms with Crippen molar-refractivity contribution in [2.45, 2.75) is 38.7 Å². The van der Waals surface area contributed by atoms with Crippen molar-refractivity contribution in [1.29, 1.82) is 5.26 Å². The lowest BCUT2D eigenvalue weighted by Gasteiger charge is -2.32. The average molecular weight is 170 g/mol. The fraction of sp³-hybridized carbons (Fsp3) is 0.857. The van der Waals surface area contributed by atoms with Crippen LogP contribution in [-0.4, -0.2) is 21.1 Å². The van der Waals surface area contributed by atoms with Crippen LogP contribution in [-0.2, 0) is 0 Å². The molecule has 0 saturated heterocycles. The third-order valence-corrected chi connectivity index (χ3v) is 5.80. The molecule has 64 valence electrons. The minimum Gasteiger partial charge on any atom is -0.328 e. The minimum absolute atomic E-state index is 0.0764. The van der Waals surface area contributed by atoms with Gasteiger partial charge in [-0.1, -0.05) is 33.5 Å². The molecule has 0 spiro atoms. The van der Waals surface area contributed by atoms with Crippen molar-refractivity contribution in [3.05, 3.63) is 0 Å². The van der Waals surface area contributed by atoms with Crippen LogP contribution in [0.4, 0.5) is 0 Å². The molecule has 0 rings (SSSR count). The Kier molecular flexibility index (Phi) is 5.55. The monoisotopic (exact) mass is 170 g/mol. The summed E-state index contributed by atoms with van der Waals surface area (Å²) in [7, 11) is 0.350. The van der Waals surface area contributed by atoms with Crippen LogP contribution in [0.1, 0.15) is 13.8 Å². The molecule has 0 aliphatic rings. The Morgan fingerprint density at radius 1 is 1.36 bits per heavy atom. The molecule has 0 radical (unpaired) electrons. The van der Waals surface area contributed by atoms with Gasteiger partial charge in [0.15, 0.2) is 0 Å². The third-order valence-electron chi connectivity index (χ3n) is 1.93. The highest BCUT2D eigenvalue weighted by atomic mass is 28.3. The van der Waals surface area contributed by atoms with Crippen molar-refractivity contribution in [2.75, 3.05) is 0 Å². The number of nitriles is 1. The SMILES string of the molecule is BC#N.CC(C)(N)[Si](C)(C)C. The lowest BCUT2D eigenvalue weighted by Crippen LogP contribution is -2.54. The van der Waals surface area contributed by atoms with Gasteiger partial charge in [0.1, 0.15) is 0 Å². The van der Waals surface area contributed by atoms with Crippen molar-refractivity contribution in [2.24, 2.45) is 5.73 Å². The Bertz CT molecular complexity index is 126. The Morgan fingerprint density at radius 3 is 1.45 bits per heavy atom. The first kappa shape index (κ1) is 13.3. The average Bonchev–Trinajstić information content (AvgIpc) is 1.60. The molecule has 0 saturated carbocycles. The van der Waals surface area contributed by atoms with E-state index in [0.717, 1.165) is 0 Å². The maximum absolute atomic E-state index is 7.32. The largest absolute Gasteiger partial charge is 0.328 e. The van der Waals surface area contributed by atoms with Gasteiger partial charge in [-0.3, -0.25) is 0 Å². The summed E-state index contributed by atoms with van der Waals surface area (Å²) in [5.74, 6) is 1.75. The molecule has 0 aromatic heterocycles. The van der Waals surface area contributed by atoms with Crippen molar-refractivity contribution in [1.82, 2.24) is 0 Å². The van der Waals surface area contributed by atoms with Gasteiger partial charge in [0.25, 0.3) is 0 Å². The standard InChI is InChI=1S/C6H17NSi.CH2BN/c1-6(2,7)8(3,4)5;2-1-3/h7H2,1-5H3;2H2. The van der Waals surface area contributed by atoms with Crippen LogP contribution in [0.3, 0.4) is 0 Å². The van der Waals surface area contributed by atoms with Crippen molar-refractivity contribution in [3.8, 4) is 5.97 Å². The summed E-state index contributed by atoms with van der Waals surface area (Å²) < 4.78 is 0. The summed E-state index contributed by atoms with van der Waals surface area (Å²) in [6.45, 7) is 11.1. The van der Waals surface area contributed by atoms with Gasteiger partial charge in [0, 0.05) is 5.16 Å². The van der Waals surface area contributed by atoms with E-state index in [9.17, 15) is 0 Å². The number of nitrogens with two attached hydrogens (primary N) is 1. The predicted molar refractivity (Wildman–Crippen MR) is 55.8 cm³/mol. The molecule has 0 bridgehead atoms. The highest BCUT2D eigenvalue weighted by molar-refractivity contribution is 6.79. The maximum atomic E-state index is 7.32. The van der Waals surface area contributed by atoms with E-state index < -0.39 is 8.07 Å². The van der Waals surface area contributed by atoms with Gasteiger partial charge in [-0.25, -0.2) is 5.26 Å². The summed E-state index contributed by atoms with van der Waals surface area (Å²) in [5, 5.41) is 7.40. The fourth-order valence-electron chi connectivity index (χ4n) is 0. The second kappa shape index (κ2) is 4.58.